The van der Waals surface area contributed by atoms with Crippen LogP contribution in [0.1, 0.15) is 6.92 Å². The number of nitrogens with two attached hydrogens (primary N) is 1. The Balaban J connectivity index is 3.88. The summed E-state index contributed by atoms with van der Waals surface area (Å²) in [4.78, 5) is 10.3. The third-order valence-electron chi connectivity index (χ3n) is 1.04. The van der Waals surface area contributed by atoms with E-state index in [9.17, 15) is 4.79 Å². The fraction of sp³-hybridized carbons (Fsp3) is 0.600. The molecule has 52 valence electrons. The van der Waals surface area contributed by atoms with E-state index in [1.165, 1.54) is 14.0 Å². The maximum atomic E-state index is 10.3. The summed E-state index contributed by atoms with van der Waals surface area (Å²) in [5.41, 5.74) is 4.85. The number of rotatable bonds is 2. The molecule has 0 spiro atoms. The molecule has 1 atom stereocenters. The van der Waals surface area contributed by atoms with Gasteiger partial charge in [-0.25, -0.2) is 0 Å². The third kappa shape index (κ3) is 2.12. The maximum Gasteiger partial charge on any atom is 0.229 e. The fourth-order valence-electron chi connectivity index (χ4n) is 0.306. The summed E-state index contributed by atoms with van der Waals surface area (Å²) < 4.78 is 4.46. The first kappa shape index (κ1) is 7.94. The molecule has 3 N–H and O–H groups in total. The van der Waals surface area contributed by atoms with Gasteiger partial charge >= 0.3 is 0 Å². The second-order valence-corrected chi connectivity index (χ2v) is 1.69. The number of carbonyl (C=O) groups excluding carboxylic acids is 1. The summed E-state index contributed by atoms with van der Waals surface area (Å²) in [7, 11) is 1.34. The molecule has 0 saturated heterocycles. The van der Waals surface area contributed by atoms with E-state index >= 15 is 0 Å². The molecule has 1 unspecified atom stereocenters. The predicted octanol–water partition coefficient (Wildman–Crippen LogP) is -0.269. The van der Waals surface area contributed by atoms with Gasteiger partial charge in [0.1, 0.15) is 5.92 Å². The van der Waals surface area contributed by atoms with Crippen LogP contribution in [0.5, 0.6) is 0 Å². The minimum absolute atomic E-state index is 0.0949. The largest absolute Gasteiger partial charge is 0.484 e. The van der Waals surface area contributed by atoms with Gasteiger partial charge in [-0.2, -0.15) is 0 Å². The lowest BCUT2D eigenvalue weighted by Gasteiger charge is -2.05. The van der Waals surface area contributed by atoms with Gasteiger partial charge in [-0.05, 0) is 6.92 Å². The van der Waals surface area contributed by atoms with Gasteiger partial charge in [-0.15, -0.1) is 0 Å². The van der Waals surface area contributed by atoms with E-state index in [4.69, 9.17) is 11.1 Å². The second kappa shape index (κ2) is 3.06. The smallest absolute Gasteiger partial charge is 0.229 e. The fourth-order valence-corrected chi connectivity index (χ4v) is 0.306. The minimum atomic E-state index is -0.616. The van der Waals surface area contributed by atoms with E-state index in [0.717, 1.165) is 0 Å². The Hall–Kier alpha value is -1.06. The van der Waals surface area contributed by atoms with Crippen LogP contribution in [0.25, 0.3) is 0 Å². The van der Waals surface area contributed by atoms with E-state index in [1.54, 1.807) is 0 Å². The molecule has 0 heterocycles. The topological polar surface area (TPSA) is 76.2 Å². The van der Waals surface area contributed by atoms with E-state index in [2.05, 4.69) is 4.74 Å². The third-order valence-corrected chi connectivity index (χ3v) is 1.04. The standard InChI is InChI=1S/C5H10N2O2/c1-3(4(6)8)5(7)9-2/h3,7H,1-2H3,(H2,6,8). The first-order valence-corrected chi connectivity index (χ1v) is 2.51. The van der Waals surface area contributed by atoms with Crippen LogP contribution in [-0.4, -0.2) is 18.9 Å². The Labute approximate surface area is 53.5 Å². The van der Waals surface area contributed by atoms with Gasteiger partial charge in [0, 0.05) is 0 Å². The van der Waals surface area contributed by atoms with E-state index in [0.29, 0.717) is 0 Å². The molecular weight excluding hydrogens is 120 g/mol. The molecule has 0 bridgehead atoms. The Bertz CT molecular complexity index is 133. The average molecular weight is 130 g/mol. The van der Waals surface area contributed by atoms with Crippen LogP contribution in [0.3, 0.4) is 0 Å². The van der Waals surface area contributed by atoms with Crippen LogP contribution < -0.4 is 5.73 Å². The van der Waals surface area contributed by atoms with Crippen molar-refractivity contribution in [1.29, 1.82) is 5.41 Å². The summed E-state index contributed by atoms with van der Waals surface area (Å²) in [5.74, 6) is -1.25. The summed E-state index contributed by atoms with van der Waals surface area (Å²) in [5, 5.41) is 6.95. The predicted molar refractivity (Wildman–Crippen MR) is 33.1 cm³/mol. The number of primary amides is 1. The molecular formula is C5H10N2O2. The van der Waals surface area contributed by atoms with E-state index < -0.39 is 11.8 Å². The number of hydrogen-bond acceptors (Lipinski definition) is 3. The molecule has 0 aromatic carbocycles. The summed E-state index contributed by atoms with van der Waals surface area (Å²) in [6.07, 6.45) is 0. The second-order valence-electron chi connectivity index (χ2n) is 1.69. The van der Waals surface area contributed by atoms with Crippen molar-refractivity contribution in [3.63, 3.8) is 0 Å². The van der Waals surface area contributed by atoms with Crippen LogP contribution in [-0.2, 0) is 9.53 Å². The molecule has 9 heavy (non-hydrogen) atoms. The van der Waals surface area contributed by atoms with E-state index in [-0.39, 0.29) is 5.90 Å². The van der Waals surface area contributed by atoms with E-state index in [1.807, 2.05) is 0 Å². The molecule has 0 radical (unpaired) electrons. The Morgan fingerprint density at radius 1 is 1.78 bits per heavy atom. The lowest BCUT2D eigenvalue weighted by Crippen LogP contribution is -2.28. The Morgan fingerprint density at radius 3 is 2.33 bits per heavy atom. The molecule has 4 nitrogen and oxygen atoms in total. The summed E-state index contributed by atoms with van der Waals surface area (Å²) in [6, 6.07) is 0. The SMILES string of the molecule is COC(=N)C(C)C(N)=O. The van der Waals surface area contributed by atoms with Crippen molar-refractivity contribution >= 4 is 11.8 Å². The van der Waals surface area contributed by atoms with Crippen LogP contribution in [0.4, 0.5) is 0 Å². The first-order chi connectivity index (χ1) is 4.09. The average Bonchev–Trinajstić information content (AvgIpc) is 1.84. The van der Waals surface area contributed by atoms with Gasteiger partial charge in [-0.1, -0.05) is 0 Å². The van der Waals surface area contributed by atoms with Gasteiger partial charge in [0.05, 0.1) is 7.11 Å². The highest BCUT2D eigenvalue weighted by Crippen LogP contribution is 1.94. The molecule has 0 aliphatic carbocycles. The molecule has 0 aliphatic rings. The molecule has 0 fully saturated rings. The van der Waals surface area contributed by atoms with Crippen LogP contribution in [0, 0.1) is 11.3 Å². The first-order valence-electron chi connectivity index (χ1n) is 2.51. The van der Waals surface area contributed by atoms with Crippen molar-refractivity contribution in [3.8, 4) is 0 Å². The minimum Gasteiger partial charge on any atom is -0.484 e. The van der Waals surface area contributed by atoms with Gasteiger partial charge in [0.15, 0.2) is 5.90 Å². The summed E-state index contributed by atoms with van der Waals surface area (Å²) >= 11 is 0. The molecule has 0 aliphatic heterocycles. The highest BCUT2D eigenvalue weighted by Gasteiger charge is 2.14. The van der Waals surface area contributed by atoms with Crippen molar-refractivity contribution in [1.82, 2.24) is 0 Å². The Morgan fingerprint density at radius 2 is 2.22 bits per heavy atom. The molecule has 0 aromatic rings. The highest BCUT2D eigenvalue weighted by molar-refractivity contribution is 5.97. The number of carbonyl (C=O) groups is 1. The van der Waals surface area contributed by atoms with Crippen LogP contribution in [0.2, 0.25) is 0 Å². The number of ether oxygens (including phenoxy) is 1. The van der Waals surface area contributed by atoms with Crippen molar-refractivity contribution in [3.05, 3.63) is 0 Å². The molecule has 0 aromatic heterocycles. The van der Waals surface area contributed by atoms with Crippen molar-refractivity contribution < 1.29 is 9.53 Å². The van der Waals surface area contributed by atoms with Gasteiger partial charge in [0.25, 0.3) is 0 Å². The highest BCUT2D eigenvalue weighted by atomic mass is 16.5. The van der Waals surface area contributed by atoms with Crippen molar-refractivity contribution in [2.24, 2.45) is 11.7 Å². The van der Waals surface area contributed by atoms with Crippen LogP contribution in [0.15, 0.2) is 0 Å². The van der Waals surface area contributed by atoms with Crippen molar-refractivity contribution in [2.75, 3.05) is 7.11 Å². The quantitative estimate of drug-likeness (QED) is 0.399. The molecule has 1 amide bonds. The lowest BCUT2D eigenvalue weighted by atomic mass is 10.2. The van der Waals surface area contributed by atoms with Gasteiger partial charge in [0.2, 0.25) is 5.91 Å². The normalized spacial score (nSPS) is 12.2. The monoisotopic (exact) mass is 130 g/mol. The molecule has 0 saturated carbocycles. The zero-order chi connectivity index (χ0) is 7.44. The molecule has 0 rings (SSSR count). The number of amides is 1. The Kier molecular flexibility index (Phi) is 2.70. The van der Waals surface area contributed by atoms with Gasteiger partial charge in [-0.3, -0.25) is 10.2 Å². The zero-order valence-corrected chi connectivity index (χ0v) is 5.47. The number of hydrogen-bond donors (Lipinski definition) is 2. The van der Waals surface area contributed by atoms with Crippen LogP contribution >= 0.6 is 0 Å². The summed E-state index contributed by atoms with van der Waals surface area (Å²) in [6.45, 7) is 1.52. The molecule has 4 heteroatoms. The van der Waals surface area contributed by atoms with Crippen molar-refractivity contribution in [2.45, 2.75) is 6.92 Å². The zero-order valence-electron chi connectivity index (χ0n) is 5.47. The van der Waals surface area contributed by atoms with Gasteiger partial charge < -0.3 is 10.5 Å². The maximum absolute atomic E-state index is 10.3. The number of nitrogens with one attached hydrogen (secondary N) is 1. The number of methoxy groups -OCH3 is 1. The lowest BCUT2D eigenvalue weighted by molar-refractivity contribution is -0.119.